The number of Topliss-reactive ketones (excluding diaryl/α,β-unsaturated/α-hetero) is 3. The van der Waals surface area contributed by atoms with E-state index in [-0.39, 0.29) is 41.7 Å². The molecule has 0 unspecified atom stereocenters. The third-order valence-electron chi connectivity index (χ3n) is 14.6. The molecule has 9 heteroatoms. The van der Waals surface area contributed by atoms with Crippen molar-refractivity contribution in [3.05, 3.63) is 247 Å². The summed E-state index contributed by atoms with van der Waals surface area (Å²) in [5.74, 6) is -1.88. The number of rotatable bonds is 8. The molecule has 0 saturated heterocycles. The predicted octanol–water partition coefficient (Wildman–Crippen LogP) is 15.9. The van der Waals surface area contributed by atoms with Crippen LogP contribution in [0.4, 0.5) is 0 Å². The van der Waals surface area contributed by atoms with Gasteiger partial charge in [-0.2, -0.15) is 0 Å². The molecule has 2 aromatic heterocycles. The number of ether oxygens (including phenoxy) is 2. The van der Waals surface area contributed by atoms with E-state index in [2.05, 4.69) is 30.3 Å². The molecular formula is C66H38O7S2. The van der Waals surface area contributed by atoms with Crippen molar-refractivity contribution in [2.75, 3.05) is 0 Å². The first-order valence-corrected chi connectivity index (χ1v) is 26.2. The molecule has 0 atom stereocenters. The Kier molecular flexibility index (Phi) is 10.4. The van der Waals surface area contributed by atoms with E-state index < -0.39 is 11.9 Å². The van der Waals surface area contributed by atoms with Crippen LogP contribution in [0, 0.1) is 0 Å². The zero-order valence-electron chi connectivity index (χ0n) is 39.8. The van der Waals surface area contributed by atoms with E-state index >= 15 is 0 Å². The van der Waals surface area contributed by atoms with Crippen molar-refractivity contribution in [1.29, 1.82) is 0 Å². The van der Waals surface area contributed by atoms with Crippen LogP contribution in [-0.2, 0) is 29.1 Å². The third-order valence-corrected chi connectivity index (χ3v) is 16.8. The lowest BCUT2D eigenvalue weighted by molar-refractivity contribution is 0.0466. The van der Waals surface area contributed by atoms with Crippen LogP contribution in [0.1, 0.15) is 78.2 Å². The molecule has 75 heavy (non-hydrogen) atoms. The maximum atomic E-state index is 14.5. The molecule has 0 radical (unpaired) electrons. The maximum Gasteiger partial charge on any atom is 0.339 e. The third kappa shape index (κ3) is 7.66. The number of hydrogen-bond acceptors (Lipinski definition) is 9. The number of allylic oxidation sites excluding steroid dienone is 2. The normalized spacial score (nSPS) is 13.8. The molecule has 0 spiro atoms. The summed E-state index contributed by atoms with van der Waals surface area (Å²) in [5.41, 5.74) is 5.25. The zero-order valence-corrected chi connectivity index (χ0v) is 41.4. The molecule has 2 heterocycles. The van der Waals surface area contributed by atoms with Gasteiger partial charge in [-0.3, -0.25) is 14.4 Å². The maximum absolute atomic E-state index is 14.5. The van der Waals surface area contributed by atoms with Gasteiger partial charge in [0.2, 0.25) is 0 Å². The lowest BCUT2D eigenvalue weighted by Crippen LogP contribution is -2.07. The van der Waals surface area contributed by atoms with Gasteiger partial charge in [0, 0.05) is 69.4 Å². The molecule has 2 aliphatic rings. The molecule has 0 amide bonds. The minimum atomic E-state index is -0.560. The summed E-state index contributed by atoms with van der Waals surface area (Å²) in [5, 5.41) is 10.6. The van der Waals surface area contributed by atoms with Gasteiger partial charge in [0.1, 0.15) is 13.2 Å². The van der Waals surface area contributed by atoms with Crippen molar-refractivity contribution >= 4 is 138 Å². The highest BCUT2D eigenvalue weighted by Gasteiger charge is 2.34. The van der Waals surface area contributed by atoms with Crippen LogP contribution in [0.2, 0.25) is 0 Å². The number of esters is 2. The zero-order chi connectivity index (χ0) is 50.5. The predicted molar refractivity (Wildman–Crippen MR) is 301 cm³/mol. The van der Waals surface area contributed by atoms with Gasteiger partial charge >= 0.3 is 11.9 Å². The Morgan fingerprint density at radius 3 is 1.29 bits per heavy atom. The average molecular weight is 1010 g/mol. The van der Waals surface area contributed by atoms with E-state index in [0.717, 1.165) is 69.4 Å². The first-order valence-electron chi connectivity index (χ1n) is 24.5. The van der Waals surface area contributed by atoms with Crippen molar-refractivity contribution in [3.8, 4) is 0 Å². The second-order valence-corrected chi connectivity index (χ2v) is 21.4. The smallest absolute Gasteiger partial charge is 0.339 e. The van der Waals surface area contributed by atoms with E-state index in [0.29, 0.717) is 65.4 Å². The number of carbonyl (C=O) groups excluding carboxylic acids is 5. The number of benzene rings is 10. The summed E-state index contributed by atoms with van der Waals surface area (Å²) in [6, 6.07) is 58.5. The van der Waals surface area contributed by atoms with Crippen molar-refractivity contribution in [2.24, 2.45) is 0 Å². The SMILES string of the molecule is O=C1/C(=C\c2cc3c(C(=O)OCc4ccccc4)cc4c(cc(C(=O)OCc5ccccc5)c5cc(C=C6C(=O)c7cc8cc9ccccc9cc8cc7C6=O)sc54)c3s2)Cc2cc3cc4ccccc4cc3cc21. The van der Waals surface area contributed by atoms with Crippen LogP contribution >= 0.6 is 22.7 Å². The Balaban J connectivity index is 0.916. The highest BCUT2D eigenvalue weighted by atomic mass is 32.1. The van der Waals surface area contributed by atoms with Crippen LogP contribution in [0.5, 0.6) is 0 Å². The monoisotopic (exact) mass is 1010 g/mol. The summed E-state index contributed by atoms with van der Waals surface area (Å²) in [4.78, 5) is 73.1. The number of thiophene rings is 2. The Bertz CT molecular complexity index is 4520. The fraction of sp³-hybridized carbons (Fsp3) is 0.0455. The number of hydrogen-bond donors (Lipinski definition) is 0. The number of fused-ring (bicyclic) bond motifs is 11. The van der Waals surface area contributed by atoms with Crippen molar-refractivity contribution in [1.82, 2.24) is 0 Å². The van der Waals surface area contributed by atoms with Crippen LogP contribution < -0.4 is 0 Å². The molecule has 0 fully saturated rings. The van der Waals surface area contributed by atoms with Gasteiger partial charge in [-0.15, -0.1) is 22.7 Å². The van der Waals surface area contributed by atoms with Crippen molar-refractivity contribution in [2.45, 2.75) is 19.6 Å². The topological polar surface area (TPSA) is 104 Å². The molecule has 7 nitrogen and oxygen atoms in total. The van der Waals surface area contributed by atoms with E-state index in [1.54, 1.807) is 18.2 Å². The van der Waals surface area contributed by atoms with Gasteiger partial charge in [-0.25, -0.2) is 9.59 Å². The summed E-state index contributed by atoms with van der Waals surface area (Å²) < 4.78 is 13.4. The van der Waals surface area contributed by atoms with Gasteiger partial charge in [0.25, 0.3) is 0 Å². The standard InChI is InChI=1S/C66H38O7S2/c67-60-47(24-46-23-42-19-38-15-7-8-16-39(38)20-43(42)26-50(46)60)25-48-29-53-57(65(70)72-34-36-11-3-1-4-12-36)33-56-55(63(53)74-48)32-58(66(71)73-35-37-13-5-2-6-14-37)54-30-49(75-64(54)56)31-59-61(68)51-27-44-21-40-17-9-10-18-41(40)22-45(44)28-52(51)62(59)69/h1-23,25-33H,24,34-35H2/b47-25-. The summed E-state index contributed by atoms with van der Waals surface area (Å²) in [6.45, 7) is 0.0812. The highest BCUT2D eigenvalue weighted by molar-refractivity contribution is 7.22. The minimum Gasteiger partial charge on any atom is -0.457 e. The van der Waals surface area contributed by atoms with Crippen LogP contribution in [0.3, 0.4) is 0 Å². The lowest BCUT2D eigenvalue weighted by Gasteiger charge is -2.12. The molecule has 10 aromatic carbocycles. The van der Waals surface area contributed by atoms with Crippen LogP contribution in [0.25, 0.3) is 86.2 Å². The van der Waals surface area contributed by atoms with Gasteiger partial charge < -0.3 is 9.47 Å². The quantitative estimate of drug-likeness (QED) is 0.0646. The Morgan fingerprint density at radius 1 is 0.413 bits per heavy atom. The molecule has 0 aliphatic heterocycles. The molecule has 0 bridgehead atoms. The molecule has 2 aliphatic carbocycles. The van der Waals surface area contributed by atoms with E-state index in [1.807, 2.05) is 146 Å². The van der Waals surface area contributed by atoms with Gasteiger partial charge in [0.05, 0.1) is 16.7 Å². The molecule has 14 rings (SSSR count). The fourth-order valence-electron chi connectivity index (χ4n) is 10.9. The molecular weight excluding hydrogens is 969 g/mol. The Morgan fingerprint density at radius 2 is 0.827 bits per heavy atom. The second kappa shape index (κ2) is 17.5. The minimum absolute atomic E-state index is 0.0302. The average Bonchev–Trinajstić information content (AvgIpc) is 4.25. The Labute approximate surface area is 436 Å². The summed E-state index contributed by atoms with van der Waals surface area (Å²) >= 11 is 2.75. The first kappa shape index (κ1) is 44.5. The van der Waals surface area contributed by atoms with Crippen LogP contribution in [0.15, 0.2) is 193 Å². The van der Waals surface area contributed by atoms with E-state index in [1.165, 1.54) is 22.7 Å². The van der Waals surface area contributed by atoms with E-state index in [9.17, 15) is 24.0 Å². The Hall–Kier alpha value is -9.15. The number of carbonyl (C=O) groups is 5. The molecule has 0 N–H and O–H groups in total. The highest BCUT2D eigenvalue weighted by Crippen LogP contribution is 2.45. The number of ketones is 3. The molecule has 356 valence electrons. The first-order chi connectivity index (χ1) is 36.7. The van der Waals surface area contributed by atoms with Gasteiger partial charge in [-0.05, 0) is 139 Å². The van der Waals surface area contributed by atoms with Crippen LogP contribution in [-0.4, -0.2) is 29.3 Å². The summed E-state index contributed by atoms with van der Waals surface area (Å²) in [6.07, 6.45) is 3.99. The molecule has 0 saturated carbocycles. The van der Waals surface area contributed by atoms with E-state index in [4.69, 9.17) is 9.47 Å². The van der Waals surface area contributed by atoms with Crippen molar-refractivity contribution in [3.63, 3.8) is 0 Å². The lowest BCUT2D eigenvalue weighted by atomic mass is 9.98. The van der Waals surface area contributed by atoms with Gasteiger partial charge in [-0.1, -0.05) is 115 Å². The summed E-state index contributed by atoms with van der Waals surface area (Å²) in [7, 11) is 0. The second-order valence-electron chi connectivity index (χ2n) is 19.2. The molecule has 12 aromatic rings. The van der Waals surface area contributed by atoms with Crippen molar-refractivity contribution < 1.29 is 33.4 Å². The van der Waals surface area contributed by atoms with Gasteiger partial charge in [0.15, 0.2) is 17.3 Å². The fourth-order valence-corrected chi connectivity index (χ4v) is 13.2. The largest absolute Gasteiger partial charge is 0.457 e.